The number of hydrogen-bond donors (Lipinski definition) is 1. The molecule has 0 aromatic rings. The van der Waals surface area contributed by atoms with Gasteiger partial charge in [-0.1, -0.05) is 0 Å². The molecular weight excluding hydrogens is 164 g/mol. The van der Waals surface area contributed by atoms with Gasteiger partial charge in [-0.15, -0.1) is 0 Å². The zero-order chi connectivity index (χ0) is 9.52. The normalized spacial score (nSPS) is 15.0. The predicted octanol–water partition coefficient (Wildman–Crippen LogP) is 1.60. The molecule has 0 heterocycles. The number of carbonyl (C=O) groups is 1. The Morgan fingerprint density at radius 3 is 2.85 bits per heavy atom. The SMILES string of the molecule is N#CCCCCNC(=O)CC1CC1. The van der Waals surface area contributed by atoms with Gasteiger partial charge in [0.2, 0.25) is 5.91 Å². The fourth-order valence-corrected chi connectivity index (χ4v) is 1.21. The molecule has 0 unspecified atom stereocenters. The number of hydrogen-bond acceptors (Lipinski definition) is 2. The van der Waals surface area contributed by atoms with Crippen molar-refractivity contribution in [2.45, 2.75) is 38.5 Å². The summed E-state index contributed by atoms with van der Waals surface area (Å²) in [6.07, 6.45) is 5.56. The second kappa shape index (κ2) is 5.58. The minimum absolute atomic E-state index is 0.180. The minimum atomic E-state index is 0.180. The molecule has 1 amide bonds. The first-order valence-corrected chi connectivity index (χ1v) is 4.96. The lowest BCUT2D eigenvalue weighted by atomic mass is 10.2. The van der Waals surface area contributed by atoms with E-state index in [4.69, 9.17) is 5.26 Å². The topological polar surface area (TPSA) is 52.9 Å². The van der Waals surface area contributed by atoms with Crippen LogP contribution >= 0.6 is 0 Å². The van der Waals surface area contributed by atoms with Crippen LogP contribution in [0.5, 0.6) is 0 Å². The monoisotopic (exact) mass is 180 g/mol. The lowest BCUT2D eigenvalue weighted by Crippen LogP contribution is -2.24. The number of nitriles is 1. The zero-order valence-corrected chi connectivity index (χ0v) is 7.88. The van der Waals surface area contributed by atoms with Crippen molar-refractivity contribution in [1.29, 1.82) is 5.26 Å². The molecule has 1 N–H and O–H groups in total. The van der Waals surface area contributed by atoms with E-state index in [2.05, 4.69) is 11.4 Å². The Morgan fingerprint density at radius 1 is 1.46 bits per heavy atom. The van der Waals surface area contributed by atoms with Crippen LogP contribution in [0.15, 0.2) is 0 Å². The molecule has 0 atom stereocenters. The van der Waals surface area contributed by atoms with Crippen LogP contribution in [-0.4, -0.2) is 12.5 Å². The van der Waals surface area contributed by atoms with Crippen molar-refractivity contribution in [3.05, 3.63) is 0 Å². The Kier molecular flexibility index (Phi) is 4.31. The molecule has 0 bridgehead atoms. The third kappa shape index (κ3) is 5.24. The number of carbonyl (C=O) groups excluding carboxylic acids is 1. The molecule has 0 aromatic carbocycles. The van der Waals surface area contributed by atoms with Crippen LogP contribution < -0.4 is 5.32 Å². The van der Waals surface area contributed by atoms with Crippen molar-refractivity contribution in [3.63, 3.8) is 0 Å². The van der Waals surface area contributed by atoms with Gasteiger partial charge in [0.25, 0.3) is 0 Å². The van der Waals surface area contributed by atoms with Gasteiger partial charge in [0.05, 0.1) is 6.07 Å². The molecule has 1 aliphatic carbocycles. The first-order chi connectivity index (χ1) is 6.33. The number of nitrogens with one attached hydrogen (secondary N) is 1. The van der Waals surface area contributed by atoms with Gasteiger partial charge in [0.1, 0.15) is 0 Å². The van der Waals surface area contributed by atoms with Crippen molar-refractivity contribution in [3.8, 4) is 6.07 Å². The average Bonchev–Trinajstić information content (AvgIpc) is 2.88. The molecule has 72 valence electrons. The summed E-state index contributed by atoms with van der Waals surface area (Å²) in [5, 5.41) is 11.1. The van der Waals surface area contributed by atoms with Crippen LogP contribution in [-0.2, 0) is 4.79 Å². The average molecular weight is 180 g/mol. The molecule has 1 saturated carbocycles. The smallest absolute Gasteiger partial charge is 0.220 e. The van der Waals surface area contributed by atoms with E-state index in [1.165, 1.54) is 12.8 Å². The predicted molar refractivity (Wildman–Crippen MR) is 49.8 cm³/mol. The van der Waals surface area contributed by atoms with Crippen molar-refractivity contribution in [2.24, 2.45) is 5.92 Å². The summed E-state index contributed by atoms with van der Waals surface area (Å²) in [7, 11) is 0. The molecule has 0 spiro atoms. The molecule has 0 aliphatic heterocycles. The van der Waals surface area contributed by atoms with Gasteiger partial charge in [-0.2, -0.15) is 5.26 Å². The van der Waals surface area contributed by atoms with E-state index in [-0.39, 0.29) is 5.91 Å². The zero-order valence-electron chi connectivity index (χ0n) is 7.88. The molecule has 3 nitrogen and oxygen atoms in total. The second-order valence-corrected chi connectivity index (χ2v) is 3.61. The maximum absolute atomic E-state index is 11.2. The van der Waals surface area contributed by atoms with Gasteiger partial charge in [-0.05, 0) is 31.6 Å². The van der Waals surface area contributed by atoms with Crippen molar-refractivity contribution >= 4 is 5.91 Å². The molecular formula is C10H16N2O. The largest absolute Gasteiger partial charge is 0.356 e. The first kappa shape index (κ1) is 10.0. The lowest BCUT2D eigenvalue weighted by molar-refractivity contribution is -0.121. The van der Waals surface area contributed by atoms with Crippen LogP contribution in [0.1, 0.15) is 38.5 Å². The molecule has 13 heavy (non-hydrogen) atoms. The fraction of sp³-hybridized carbons (Fsp3) is 0.800. The van der Waals surface area contributed by atoms with E-state index < -0.39 is 0 Å². The molecule has 0 aromatic heterocycles. The highest BCUT2D eigenvalue weighted by Gasteiger charge is 2.23. The van der Waals surface area contributed by atoms with Gasteiger partial charge in [-0.3, -0.25) is 4.79 Å². The van der Waals surface area contributed by atoms with E-state index in [1.54, 1.807) is 0 Å². The number of rotatable bonds is 6. The fourth-order valence-electron chi connectivity index (χ4n) is 1.21. The van der Waals surface area contributed by atoms with Crippen LogP contribution in [0.2, 0.25) is 0 Å². The Labute approximate surface area is 79.1 Å². The maximum Gasteiger partial charge on any atom is 0.220 e. The Hall–Kier alpha value is -1.04. The third-order valence-corrected chi connectivity index (χ3v) is 2.21. The summed E-state index contributed by atoms with van der Waals surface area (Å²) in [5.41, 5.74) is 0. The molecule has 1 rings (SSSR count). The van der Waals surface area contributed by atoms with Gasteiger partial charge in [0.15, 0.2) is 0 Å². The Bertz CT molecular complexity index is 203. The van der Waals surface area contributed by atoms with Gasteiger partial charge in [0, 0.05) is 19.4 Å². The standard InChI is InChI=1S/C10H16N2O/c11-6-2-1-3-7-12-10(13)8-9-4-5-9/h9H,1-5,7-8H2,(H,12,13). The van der Waals surface area contributed by atoms with Crippen LogP contribution in [0.3, 0.4) is 0 Å². The van der Waals surface area contributed by atoms with E-state index in [0.717, 1.165) is 19.4 Å². The molecule has 1 aliphatic rings. The Balaban J connectivity index is 1.86. The number of amides is 1. The summed E-state index contributed by atoms with van der Waals surface area (Å²) >= 11 is 0. The Morgan fingerprint density at radius 2 is 2.23 bits per heavy atom. The van der Waals surface area contributed by atoms with Crippen LogP contribution in [0.4, 0.5) is 0 Å². The van der Waals surface area contributed by atoms with E-state index in [1.807, 2.05) is 0 Å². The summed E-state index contributed by atoms with van der Waals surface area (Å²) in [6.45, 7) is 0.729. The highest BCUT2D eigenvalue weighted by atomic mass is 16.1. The van der Waals surface area contributed by atoms with E-state index >= 15 is 0 Å². The molecule has 3 heteroatoms. The first-order valence-electron chi connectivity index (χ1n) is 4.96. The summed E-state index contributed by atoms with van der Waals surface area (Å²) < 4.78 is 0. The van der Waals surface area contributed by atoms with E-state index in [0.29, 0.717) is 18.8 Å². The summed E-state index contributed by atoms with van der Waals surface area (Å²) in [4.78, 5) is 11.2. The van der Waals surface area contributed by atoms with Crippen molar-refractivity contribution < 1.29 is 4.79 Å². The highest BCUT2D eigenvalue weighted by Crippen LogP contribution is 2.31. The second-order valence-electron chi connectivity index (χ2n) is 3.61. The molecule has 0 radical (unpaired) electrons. The van der Waals surface area contributed by atoms with Gasteiger partial charge < -0.3 is 5.32 Å². The number of nitrogens with zero attached hydrogens (tertiary/aromatic N) is 1. The van der Waals surface area contributed by atoms with Crippen molar-refractivity contribution in [2.75, 3.05) is 6.54 Å². The minimum Gasteiger partial charge on any atom is -0.356 e. The van der Waals surface area contributed by atoms with E-state index in [9.17, 15) is 4.79 Å². The third-order valence-electron chi connectivity index (χ3n) is 2.21. The van der Waals surface area contributed by atoms with Gasteiger partial charge in [-0.25, -0.2) is 0 Å². The summed E-state index contributed by atoms with van der Waals surface area (Å²) in [6, 6.07) is 2.09. The van der Waals surface area contributed by atoms with Gasteiger partial charge >= 0.3 is 0 Å². The van der Waals surface area contributed by atoms with Crippen LogP contribution in [0, 0.1) is 17.2 Å². The maximum atomic E-state index is 11.2. The lowest BCUT2D eigenvalue weighted by Gasteiger charge is -2.02. The highest BCUT2D eigenvalue weighted by molar-refractivity contribution is 5.76. The quantitative estimate of drug-likeness (QED) is 0.631. The number of unbranched alkanes of at least 4 members (excludes halogenated alkanes) is 2. The van der Waals surface area contributed by atoms with Crippen LogP contribution in [0.25, 0.3) is 0 Å². The van der Waals surface area contributed by atoms with Crippen molar-refractivity contribution in [1.82, 2.24) is 5.32 Å². The molecule has 1 fully saturated rings. The molecule has 0 saturated heterocycles. The summed E-state index contributed by atoms with van der Waals surface area (Å²) in [5.74, 6) is 0.846.